The van der Waals surface area contributed by atoms with Gasteiger partial charge in [0.05, 0.1) is 18.7 Å². The summed E-state index contributed by atoms with van der Waals surface area (Å²) in [6.07, 6.45) is 5.60. The van der Waals surface area contributed by atoms with Crippen molar-refractivity contribution in [2.24, 2.45) is 12.5 Å². The van der Waals surface area contributed by atoms with Crippen LogP contribution in [0.1, 0.15) is 82.7 Å². The molecule has 2 aliphatic rings. The van der Waals surface area contributed by atoms with Crippen LogP contribution in [-0.4, -0.2) is 27.6 Å². The molecule has 3 aromatic heterocycles. The molecule has 1 unspecified atom stereocenters. The molecule has 38 heavy (non-hydrogen) atoms. The van der Waals surface area contributed by atoms with Crippen molar-refractivity contribution in [1.29, 1.82) is 5.26 Å². The van der Waals surface area contributed by atoms with E-state index in [4.69, 9.17) is 29.1 Å². The monoisotopic (exact) mass is 510 g/mol. The molecule has 0 aliphatic heterocycles. The molecule has 3 heterocycles. The molecule has 1 spiro atoms. The van der Waals surface area contributed by atoms with E-state index in [1.165, 1.54) is 7.11 Å². The SMILES string of the molecule is COC(=O)c1cc2c(nc(C3CC34CCC(c3cccc(OCc5ccc(C#N)cc5C)n3)CC4)n2C)o1. The number of rotatable bonds is 6. The molecule has 2 saturated carbocycles. The van der Waals surface area contributed by atoms with E-state index in [2.05, 4.69) is 16.7 Å². The zero-order valence-electron chi connectivity index (χ0n) is 21.9. The number of carbonyl (C=O) groups excluding carboxylic acids is 1. The Bertz CT molecular complexity index is 1570. The van der Waals surface area contributed by atoms with E-state index in [1.54, 1.807) is 6.07 Å². The summed E-state index contributed by atoms with van der Waals surface area (Å²) in [4.78, 5) is 21.4. The predicted octanol–water partition coefficient (Wildman–Crippen LogP) is 5.94. The van der Waals surface area contributed by atoms with E-state index < -0.39 is 5.97 Å². The number of esters is 1. The number of imidazole rings is 1. The first-order chi connectivity index (χ1) is 18.4. The largest absolute Gasteiger partial charge is 0.473 e. The van der Waals surface area contributed by atoms with E-state index >= 15 is 0 Å². The molecule has 8 heteroatoms. The summed E-state index contributed by atoms with van der Waals surface area (Å²) in [5, 5.41) is 9.08. The third kappa shape index (κ3) is 4.22. The topological polar surface area (TPSA) is 103 Å². The maximum Gasteiger partial charge on any atom is 0.374 e. The molecule has 2 aliphatic carbocycles. The number of pyridine rings is 1. The predicted molar refractivity (Wildman–Crippen MR) is 140 cm³/mol. The number of nitrogens with zero attached hydrogens (tertiary/aromatic N) is 4. The van der Waals surface area contributed by atoms with E-state index in [1.807, 2.05) is 44.3 Å². The molecule has 1 atom stereocenters. The van der Waals surface area contributed by atoms with Crippen LogP contribution in [-0.2, 0) is 18.4 Å². The average molecular weight is 511 g/mol. The number of furan rings is 1. The Hall–Kier alpha value is -4.12. The van der Waals surface area contributed by atoms with Crippen molar-refractivity contribution in [2.75, 3.05) is 7.11 Å². The van der Waals surface area contributed by atoms with E-state index in [9.17, 15) is 4.79 Å². The number of aromatic nitrogens is 3. The number of nitriles is 1. The lowest BCUT2D eigenvalue weighted by atomic mass is 9.77. The number of hydrogen-bond acceptors (Lipinski definition) is 7. The number of hydrogen-bond donors (Lipinski definition) is 0. The van der Waals surface area contributed by atoms with Crippen molar-refractivity contribution in [1.82, 2.24) is 14.5 Å². The fourth-order valence-corrected chi connectivity index (χ4v) is 6.08. The van der Waals surface area contributed by atoms with Gasteiger partial charge in [0, 0.05) is 36.7 Å². The molecular formula is C30H30N4O4. The van der Waals surface area contributed by atoms with Gasteiger partial charge in [-0.05, 0) is 73.8 Å². The number of ether oxygens (including phenoxy) is 2. The van der Waals surface area contributed by atoms with Gasteiger partial charge >= 0.3 is 5.97 Å². The molecule has 6 rings (SSSR count). The summed E-state index contributed by atoms with van der Waals surface area (Å²) >= 11 is 0. The minimum atomic E-state index is -0.488. The Balaban J connectivity index is 1.09. The second-order valence-electron chi connectivity index (χ2n) is 10.7. The van der Waals surface area contributed by atoms with Crippen molar-refractivity contribution in [3.63, 3.8) is 0 Å². The molecule has 0 saturated heterocycles. The Kier molecular flexibility index (Phi) is 5.94. The van der Waals surface area contributed by atoms with Gasteiger partial charge in [-0.2, -0.15) is 10.2 Å². The summed E-state index contributed by atoms with van der Waals surface area (Å²) in [6.45, 7) is 2.42. The van der Waals surface area contributed by atoms with Gasteiger partial charge in [0.1, 0.15) is 17.9 Å². The second-order valence-corrected chi connectivity index (χ2v) is 10.7. The maximum atomic E-state index is 11.8. The van der Waals surface area contributed by atoms with Crippen molar-refractivity contribution in [3.8, 4) is 11.9 Å². The highest BCUT2D eigenvalue weighted by atomic mass is 16.5. The lowest BCUT2D eigenvalue weighted by Crippen LogP contribution is -2.17. The quantitative estimate of drug-likeness (QED) is 0.296. The van der Waals surface area contributed by atoms with E-state index in [0.29, 0.717) is 41.0 Å². The highest BCUT2D eigenvalue weighted by Gasteiger charge is 2.57. The maximum absolute atomic E-state index is 11.8. The summed E-state index contributed by atoms with van der Waals surface area (Å²) < 4.78 is 18.5. The standard InChI is InChI=1S/C30H30N4O4/c1-18-13-19(16-31)7-8-21(18)17-37-26-6-4-5-23(32-26)20-9-11-30(12-10-20)15-22(30)27-33-28-24(34(27)2)14-25(38-28)29(35)36-3/h4-8,13-14,20,22H,9-12,15,17H2,1-3H3. The zero-order valence-corrected chi connectivity index (χ0v) is 21.9. The van der Waals surface area contributed by atoms with Gasteiger partial charge in [0.2, 0.25) is 17.4 Å². The van der Waals surface area contributed by atoms with Gasteiger partial charge in [0.15, 0.2) is 0 Å². The van der Waals surface area contributed by atoms with Crippen molar-refractivity contribution in [2.45, 2.75) is 57.5 Å². The van der Waals surface area contributed by atoms with Crippen LogP contribution in [0.15, 0.2) is 46.9 Å². The molecule has 0 N–H and O–H groups in total. The molecule has 0 bridgehead atoms. The summed E-state index contributed by atoms with van der Waals surface area (Å²) in [6, 6.07) is 15.6. The molecule has 1 aromatic carbocycles. The Morgan fingerprint density at radius 1 is 1.21 bits per heavy atom. The third-order valence-electron chi connectivity index (χ3n) is 8.49. The highest BCUT2D eigenvalue weighted by Crippen LogP contribution is 2.67. The zero-order chi connectivity index (χ0) is 26.4. The first-order valence-electron chi connectivity index (χ1n) is 13.0. The average Bonchev–Trinajstić information content (AvgIpc) is 3.30. The van der Waals surface area contributed by atoms with Crippen LogP contribution < -0.4 is 4.74 Å². The van der Waals surface area contributed by atoms with Crippen LogP contribution in [0.25, 0.3) is 11.2 Å². The second kappa shape index (κ2) is 9.32. The van der Waals surface area contributed by atoms with Crippen LogP contribution in [0.5, 0.6) is 5.88 Å². The van der Waals surface area contributed by atoms with Gasteiger partial charge < -0.3 is 18.5 Å². The minimum Gasteiger partial charge on any atom is -0.473 e. The number of fused-ring (bicyclic) bond motifs is 1. The molecule has 8 nitrogen and oxygen atoms in total. The van der Waals surface area contributed by atoms with Gasteiger partial charge in [-0.25, -0.2) is 9.78 Å². The first-order valence-corrected chi connectivity index (χ1v) is 13.0. The number of methoxy groups -OCH3 is 1. The minimum absolute atomic E-state index is 0.184. The Labute approximate surface area is 221 Å². The summed E-state index contributed by atoms with van der Waals surface area (Å²) in [5.74, 6) is 2.21. The van der Waals surface area contributed by atoms with Gasteiger partial charge in [-0.3, -0.25) is 0 Å². The van der Waals surface area contributed by atoms with Crippen molar-refractivity contribution in [3.05, 3.63) is 76.4 Å². The van der Waals surface area contributed by atoms with E-state index in [0.717, 1.165) is 60.3 Å². The number of benzene rings is 1. The molecular weight excluding hydrogens is 480 g/mol. The van der Waals surface area contributed by atoms with Crippen LogP contribution in [0.3, 0.4) is 0 Å². The molecule has 4 aromatic rings. The molecule has 194 valence electrons. The summed E-state index contributed by atoms with van der Waals surface area (Å²) in [7, 11) is 3.34. The normalized spacial score (nSPS) is 22.4. The van der Waals surface area contributed by atoms with Crippen LogP contribution >= 0.6 is 0 Å². The fraction of sp³-hybridized carbons (Fsp3) is 0.400. The Morgan fingerprint density at radius 3 is 2.74 bits per heavy atom. The lowest BCUT2D eigenvalue weighted by Gasteiger charge is -2.29. The number of carbonyl (C=O) groups is 1. The Morgan fingerprint density at radius 2 is 2.03 bits per heavy atom. The van der Waals surface area contributed by atoms with Crippen LogP contribution in [0.2, 0.25) is 0 Å². The molecule has 2 fully saturated rings. The third-order valence-corrected chi connectivity index (χ3v) is 8.49. The molecule has 0 radical (unpaired) electrons. The van der Waals surface area contributed by atoms with Crippen molar-refractivity contribution >= 4 is 17.2 Å². The first kappa shape index (κ1) is 24.2. The summed E-state index contributed by atoms with van der Waals surface area (Å²) in [5.41, 5.74) is 5.46. The number of aryl methyl sites for hydroxylation is 2. The lowest BCUT2D eigenvalue weighted by molar-refractivity contribution is 0.0567. The van der Waals surface area contributed by atoms with Crippen molar-refractivity contribution < 1.29 is 18.7 Å². The molecule has 0 amide bonds. The van der Waals surface area contributed by atoms with Gasteiger partial charge in [-0.1, -0.05) is 12.1 Å². The highest BCUT2D eigenvalue weighted by molar-refractivity contribution is 5.90. The smallest absolute Gasteiger partial charge is 0.374 e. The van der Waals surface area contributed by atoms with Gasteiger partial charge in [-0.15, -0.1) is 0 Å². The van der Waals surface area contributed by atoms with E-state index in [-0.39, 0.29) is 5.76 Å². The van der Waals surface area contributed by atoms with Gasteiger partial charge in [0.25, 0.3) is 0 Å². The van der Waals surface area contributed by atoms with Crippen LogP contribution in [0, 0.1) is 23.7 Å². The van der Waals surface area contributed by atoms with Crippen LogP contribution in [0.4, 0.5) is 0 Å². The fourth-order valence-electron chi connectivity index (χ4n) is 6.08.